The van der Waals surface area contributed by atoms with Gasteiger partial charge in [0.1, 0.15) is 17.2 Å². The van der Waals surface area contributed by atoms with E-state index < -0.39 is 0 Å². The molecular weight excluding hydrogens is 349 g/mol. The average Bonchev–Trinajstić information content (AvgIpc) is 3.14. The van der Waals surface area contributed by atoms with Crippen molar-refractivity contribution in [2.75, 3.05) is 0 Å². The zero-order chi connectivity index (χ0) is 19.1. The Kier molecular flexibility index (Phi) is 3.90. The van der Waals surface area contributed by atoms with Crippen molar-refractivity contribution in [3.63, 3.8) is 0 Å². The molecule has 0 spiro atoms. The molecule has 0 amide bonds. The van der Waals surface area contributed by atoms with Gasteiger partial charge in [0, 0.05) is 29.3 Å². The lowest BCUT2D eigenvalue weighted by Crippen LogP contribution is -2.04. The Balaban J connectivity index is 1.71. The third kappa shape index (κ3) is 2.83. The molecule has 3 nitrogen and oxygen atoms in total. The number of rotatable bonds is 3. The zero-order valence-corrected chi connectivity index (χ0v) is 15.4. The first-order valence-electron chi connectivity index (χ1n) is 9.25. The largest absolute Gasteiger partial charge is 0.342 e. The van der Waals surface area contributed by atoms with Crippen LogP contribution < -0.4 is 0 Å². The molecule has 2 aliphatic heterocycles. The molecular formula is C24H18FN3. The van der Waals surface area contributed by atoms with Crippen molar-refractivity contribution < 1.29 is 4.39 Å². The molecule has 2 heterocycles. The fourth-order valence-corrected chi connectivity index (χ4v) is 3.63. The predicted octanol–water partition coefficient (Wildman–Crippen LogP) is 5.70. The zero-order valence-electron chi connectivity index (χ0n) is 15.4. The smallest absolute Gasteiger partial charge is 0.123 e. The van der Waals surface area contributed by atoms with Crippen molar-refractivity contribution in [1.29, 1.82) is 0 Å². The Morgan fingerprint density at radius 3 is 2.32 bits per heavy atom. The minimum atomic E-state index is -0.222. The standard InChI is InChI=1S/C24H18FN3/c1-16-6-10-18(11-7-16)23-21-15-28(14-17-8-12-19(25)13-9-17)22-5-3-2-4-20(22)24(21)27-26-23/h2-13,15H,14H2,1H3. The van der Waals surface area contributed by atoms with Crippen LogP contribution in [-0.2, 0) is 6.54 Å². The maximum absolute atomic E-state index is 13.3. The predicted molar refractivity (Wildman–Crippen MR) is 110 cm³/mol. The first-order chi connectivity index (χ1) is 13.7. The second-order valence-corrected chi connectivity index (χ2v) is 7.08. The number of aryl methyl sites for hydroxylation is 1. The molecule has 0 saturated carbocycles. The number of para-hydroxylation sites is 1. The Morgan fingerprint density at radius 1 is 0.821 bits per heavy atom. The van der Waals surface area contributed by atoms with E-state index in [1.807, 2.05) is 24.3 Å². The Hall–Kier alpha value is -3.53. The van der Waals surface area contributed by atoms with Crippen LogP contribution in [-0.4, -0.2) is 14.8 Å². The van der Waals surface area contributed by atoms with Crippen LogP contribution in [0.1, 0.15) is 11.1 Å². The number of hydrogen-bond donors (Lipinski definition) is 0. The van der Waals surface area contributed by atoms with Crippen LogP contribution in [0.2, 0.25) is 0 Å². The summed E-state index contributed by atoms with van der Waals surface area (Å²) in [5.41, 5.74) is 7.19. The lowest BCUT2D eigenvalue weighted by atomic mass is 10.0. The van der Waals surface area contributed by atoms with Gasteiger partial charge in [-0.3, -0.25) is 0 Å². The van der Waals surface area contributed by atoms with Crippen molar-refractivity contribution in [2.24, 2.45) is 0 Å². The molecule has 3 aromatic carbocycles. The van der Waals surface area contributed by atoms with Crippen molar-refractivity contribution in [2.45, 2.75) is 13.5 Å². The number of fused-ring (bicyclic) bond motifs is 3. The van der Waals surface area contributed by atoms with Gasteiger partial charge in [0.25, 0.3) is 0 Å². The fraction of sp³-hybridized carbons (Fsp3) is 0.0833. The summed E-state index contributed by atoms with van der Waals surface area (Å²) in [5.74, 6) is -0.222. The van der Waals surface area contributed by atoms with Gasteiger partial charge in [0.05, 0.1) is 5.52 Å². The summed E-state index contributed by atoms with van der Waals surface area (Å²) < 4.78 is 15.5. The molecule has 0 atom stereocenters. The first-order valence-corrected chi connectivity index (χ1v) is 9.25. The van der Waals surface area contributed by atoms with Gasteiger partial charge in [-0.15, -0.1) is 10.2 Å². The number of hydrogen-bond acceptors (Lipinski definition) is 2. The number of pyridine rings is 1. The van der Waals surface area contributed by atoms with E-state index in [0.29, 0.717) is 6.54 Å². The highest BCUT2D eigenvalue weighted by molar-refractivity contribution is 5.98. The van der Waals surface area contributed by atoms with E-state index in [2.05, 4.69) is 64.3 Å². The molecule has 0 unspecified atom stereocenters. The Labute approximate surface area is 162 Å². The summed E-state index contributed by atoms with van der Waals surface area (Å²) in [4.78, 5) is 0. The number of halogens is 1. The molecule has 5 rings (SSSR count). The van der Waals surface area contributed by atoms with Gasteiger partial charge < -0.3 is 4.57 Å². The van der Waals surface area contributed by atoms with Crippen LogP contribution in [0.4, 0.5) is 4.39 Å². The summed E-state index contributed by atoms with van der Waals surface area (Å²) in [6.07, 6.45) is 2.11. The molecule has 0 aliphatic carbocycles. The van der Waals surface area contributed by atoms with E-state index in [0.717, 1.165) is 39.0 Å². The third-order valence-corrected chi connectivity index (χ3v) is 5.10. The van der Waals surface area contributed by atoms with Crippen LogP contribution in [0.25, 0.3) is 33.4 Å². The topological polar surface area (TPSA) is 30.7 Å². The van der Waals surface area contributed by atoms with Gasteiger partial charge in [0.15, 0.2) is 0 Å². The SMILES string of the molecule is Cc1ccc(-c2nnc3c4ccccc4n(Cc4ccc(F)cc4)cc2-3)cc1. The molecule has 3 aromatic rings. The highest BCUT2D eigenvalue weighted by Crippen LogP contribution is 2.36. The molecule has 28 heavy (non-hydrogen) atoms. The van der Waals surface area contributed by atoms with E-state index in [1.54, 1.807) is 0 Å². The highest BCUT2D eigenvalue weighted by Gasteiger charge is 2.19. The van der Waals surface area contributed by atoms with Crippen LogP contribution in [0.15, 0.2) is 79.0 Å². The Morgan fingerprint density at radius 2 is 1.54 bits per heavy atom. The molecule has 4 heteroatoms. The lowest BCUT2D eigenvalue weighted by Gasteiger charge is -2.15. The minimum absolute atomic E-state index is 0.222. The molecule has 2 aliphatic rings. The summed E-state index contributed by atoms with van der Waals surface area (Å²) in [6, 6.07) is 23.2. The lowest BCUT2D eigenvalue weighted by molar-refractivity contribution is 0.626. The summed E-state index contributed by atoms with van der Waals surface area (Å²) in [6.45, 7) is 2.72. The summed E-state index contributed by atoms with van der Waals surface area (Å²) in [5, 5.41) is 10.0. The van der Waals surface area contributed by atoms with Gasteiger partial charge in [0.2, 0.25) is 0 Å². The van der Waals surface area contributed by atoms with Gasteiger partial charge in [-0.2, -0.15) is 0 Å². The number of nitrogens with zero attached hydrogens (tertiary/aromatic N) is 3. The monoisotopic (exact) mass is 367 g/mol. The third-order valence-electron chi connectivity index (χ3n) is 5.10. The second kappa shape index (κ2) is 6.57. The number of aromatic nitrogens is 3. The van der Waals surface area contributed by atoms with Crippen molar-refractivity contribution in [1.82, 2.24) is 14.8 Å². The van der Waals surface area contributed by atoms with Crippen LogP contribution in [0.5, 0.6) is 0 Å². The van der Waals surface area contributed by atoms with Crippen molar-refractivity contribution >= 4 is 10.9 Å². The molecule has 136 valence electrons. The number of benzene rings is 3. The fourth-order valence-electron chi connectivity index (χ4n) is 3.63. The maximum atomic E-state index is 13.3. The van der Waals surface area contributed by atoms with Crippen LogP contribution >= 0.6 is 0 Å². The Bertz CT molecular complexity index is 1240. The quantitative estimate of drug-likeness (QED) is 0.410. The molecule has 0 aromatic heterocycles. The van der Waals surface area contributed by atoms with Crippen LogP contribution in [0.3, 0.4) is 0 Å². The average molecular weight is 367 g/mol. The van der Waals surface area contributed by atoms with Crippen molar-refractivity contribution in [3.05, 3.63) is 95.9 Å². The maximum Gasteiger partial charge on any atom is 0.123 e. The van der Waals surface area contributed by atoms with E-state index in [9.17, 15) is 4.39 Å². The highest BCUT2D eigenvalue weighted by atomic mass is 19.1. The van der Waals surface area contributed by atoms with Gasteiger partial charge in [-0.25, -0.2) is 4.39 Å². The van der Waals surface area contributed by atoms with Gasteiger partial charge in [-0.05, 0) is 30.7 Å². The van der Waals surface area contributed by atoms with E-state index in [1.165, 1.54) is 17.7 Å². The molecule has 0 bridgehead atoms. The van der Waals surface area contributed by atoms with E-state index in [-0.39, 0.29) is 5.82 Å². The van der Waals surface area contributed by atoms with E-state index in [4.69, 9.17) is 0 Å². The molecule has 0 fully saturated rings. The molecule has 0 N–H and O–H groups in total. The molecule has 0 radical (unpaired) electrons. The molecule has 0 saturated heterocycles. The normalized spacial score (nSPS) is 11.4. The van der Waals surface area contributed by atoms with Crippen LogP contribution in [0, 0.1) is 12.7 Å². The second-order valence-electron chi connectivity index (χ2n) is 7.08. The first kappa shape index (κ1) is 16.6. The summed E-state index contributed by atoms with van der Waals surface area (Å²) in [7, 11) is 0. The minimum Gasteiger partial charge on any atom is -0.342 e. The van der Waals surface area contributed by atoms with Gasteiger partial charge >= 0.3 is 0 Å². The van der Waals surface area contributed by atoms with Crippen molar-refractivity contribution in [3.8, 4) is 22.5 Å². The van der Waals surface area contributed by atoms with E-state index >= 15 is 0 Å². The van der Waals surface area contributed by atoms with Gasteiger partial charge in [-0.1, -0.05) is 60.2 Å². The summed E-state index contributed by atoms with van der Waals surface area (Å²) >= 11 is 0.